The highest BCUT2D eigenvalue weighted by molar-refractivity contribution is 6.09. The standard InChI is InChI=1S/C18H14O2/c1-11-7-8-16(19-11)17-15-6-4-3-5-13(15)10-14-9-12(2)20-18(14)17/h3-10H,1-2H3. The number of hydrogen-bond donors (Lipinski definition) is 0. The number of fused-ring (bicyclic) bond motifs is 2. The molecule has 0 bridgehead atoms. The van der Waals surface area contributed by atoms with Crippen molar-refractivity contribution in [3.8, 4) is 11.3 Å². The monoisotopic (exact) mass is 262 g/mol. The van der Waals surface area contributed by atoms with Crippen LogP contribution >= 0.6 is 0 Å². The summed E-state index contributed by atoms with van der Waals surface area (Å²) in [6, 6.07) is 16.6. The van der Waals surface area contributed by atoms with E-state index in [2.05, 4.69) is 30.3 Å². The van der Waals surface area contributed by atoms with Gasteiger partial charge in [0.05, 0.1) is 5.56 Å². The zero-order valence-corrected chi connectivity index (χ0v) is 11.4. The Labute approximate surface area is 116 Å². The summed E-state index contributed by atoms with van der Waals surface area (Å²) >= 11 is 0. The maximum atomic E-state index is 5.91. The van der Waals surface area contributed by atoms with Crippen molar-refractivity contribution in [1.82, 2.24) is 0 Å². The normalized spacial score (nSPS) is 11.5. The zero-order chi connectivity index (χ0) is 13.7. The molecule has 0 fully saturated rings. The molecule has 0 spiro atoms. The van der Waals surface area contributed by atoms with Crippen LogP contribution in [0.4, 0.5) is 0 Å². The van der Waals surface area contributed by atoms with Crippen molar-refractivity contribution in [2.75, 3.05) is 0 Å². The van der Waals surface area contributed by atoms with Gasteiger partial charge >= 0.3 is 0 Å². The molecule has 0 unspecified atom stereocenters. The zero-order valence-electron chi connectivity index (χ0n) is 11.4. The Morgan fingerprint density at radius 3 is 2.40 bits per heavy atom. The molecule has 0 saturated carbocycles. The molecule has 0 aliphatic rings. The summed E-state index contributed by atoms with van der Waals surface area (Å²) in [5.74, 6) is 2.68. The Balaban J connectivity index is 2.22. The SMILES string of the molecule is Cc1ccc(-c2c3ccccc3cc3cc(C)oc23)o1. The Hall–Kier alpha value is -2.48. The summed E-state index contributed by atoms with van der Waals surface area (Å²) in [6.07, 6.45) is 0. The average molecular weight is 262 g/mol. The van der Waals surface area contributed by atoms with Crippen LogP contribution in [-0.2, 0) is 0 Å². The van der Waals surface area contributed by atoms with Gasteiger partial charge < -0.3 is 8.83 Å². The van der Waals surface area contributed by atoms with Gasteiger partial charge in [0.15, 0.2) is 0 Å². The second-order valence-corrected chi connectivity index (χ2v) is 5.16. The van der Waals surface area contributed by atoms with Crippen LogP contribution in [0.2, 0.25) is 0 Å². The maximum absolute atomic E-state index is 5.91. The lowest BCUT2D eigenvalue weighted by Gasteiger charge is -2.05. The molecule has 2 aromatic carbocycles. The van der Waals surface area contributed by atoms with Gasteiger partial charge in [-0.05, 0) is 48.9 Å². The highest BCUT2D eigenvalue weighted by Gasteiger charge is 2.15. The second-order valence-electron chi connectivity index (χ2n) is 5.16. The first-order valence-corrected chi connectivity index (χ1v) is 6.71. The quantitative estimate of drug-likeness (QED) is 0.455. The number of hydrogen-bond acceptors (Lipinski definition) is 2. The minimum absolute atomic E-state index is 0.860. The second kappa shape index (κ2) is 4.01. The van der Waals surface area contributed by atoms with Gasteiger partial charge in [-0.3, -0.25) is 0 Å². The van der Waals surface area contributed by atoms with Crippen LogP contribution in [-0.4, -0.2) is 0 Å². The number of rotatable bonds is 1. The van der Waals surface area contributed by atoms with E-state index in [0.29, 0.717) is 0 Å². The van der Waals surface area contributed by atoms with Crippen molar-refractivity contribution in [3.63, 3.8) is 0 Å². The maximum Gasteiger partial charge on any atom is 0.145 e. The van der Waals surface area contributed by atoms with Gasteiger partial charge in [-0.15, -0.1) is 0 Å². The van der Waals surface area contributed by atoms with Crippen molar-refractivity contribution in [3.05, 3.63) is 60.1 Å². The van der Waals surface area contributed by atoms with Gasteiger partial charge in [0.1, 0.15) is 22.9 Å². The fourth-order valence-corrected chi connectivity index (χ4v) is 2.79. The van der Waals surface area contributed by atoms with E-state index in [-0.39, 0.29) is 0 Å². The first kappa shape index (κ1) is 11.4. The molecule has 98 valence electrons. The molecule has 2 heteroatoms. The lowest BCUT2D eigenvalue weighted by atomic mass is 10.00. The first-order valence-electron chi connectivity index (χ1n) is 6.71. The van der Waals surface area contributed by atoms with Crippen LogP contribution in [0.5, 0.6) is 0 Å². The van der Waals surface area contributed by atoms with Gasteiger partial charge in [-0.25, -0.2) is 0 Å². The molecule has 0 aliphatic heterocycles. The molecule has 4 rings (SSSR count). The third-order valence-corrected chi connectivity index (χ3v) is 3.64. The number of furan rings is 2. The number of aryl methyl sites for hydroxylation is 2. The molecule has 2 heterocycles. The molecule has 0 saturated heterocycles. The molecule has 4 aromatic rings. The number of benzene rings is 2. The summed E-state index contributed by atoms with van der Waals surface area (Å²) < 4.78 is 11.7. The summed E-state index contributed by atoms with van der Waals surface area (Å²) in [6.45, 7) is 3.93. The highest BCUT2D eigenvalue weighted by atomic mass is 16.4. The molecule has 2 nitrogen and oxygen atoms in total. The van der Waals surface area contributed by atoms with E-state index in [9.17, 15) is 0 Å². The van der Waals surface area contributed by atoms with Crippen molar-refractivity contribution in [2.24, 2.45) is 0 Å². The molecular weight excluding hydrogens is 248 g/mol. The van der Waals surface area contributed by atoms with E-state index in [1.807, 2.05) is 32.0 Å². The van der Waals surface area contributed by atoms with Crippen molar-refractivity contribution < 1.29 is 8.83 Å². The molecule has 0 aliphatic carbocycles. The average Bonchev–Trinajstić information content (AvgIpc) is 3.00. The first-order chi connectivity index (χ1) is 9.72. The van der Waals surface area contributed by atoms with Crippen molar-refractivity contribution in [2.45, 2.75) is 13.8 Å². The van der Waals surface area contributed by atoms with E-state index >= 15 is 0 Å². The van der Waals surface area contributed by atoms with Gasteiger partial charge in [0, 0.05) is 5.39 Å². The van der Waals surface area contributed by atoms with Gasteiger partial charge in [-0.2, -0.15) is 0 Å². The summed E-state index contributed by atoms with van der Waals surface area (Å²) in [5, 5.41) is 3.47. The van der Waals surface area contributed by atoms with E-state index in [4.69, 9.17) is 8.83 Å². The predicted molar refractivity (Wildman–Crippen MR) is 80.9 cm³/mol. The fraction of sp³-hybridized carbons (Fsp3) is 0.111. The summed E-state index contributed by atoms with van der Waals surface area (Å²) in [7, 11) is 0. The van der Waals surface area contributed by atoms with E-state index in [1.165, 1.54) is 5.39 Å². The minimum atomic E-state index is 0.860. The van der Waals surface area contributed by atoms with Crippen LogP contribution in [0.3, 0.4) is 0 Å². The third-order valence-electron chi connectivity index (χ3n) is 3.64. The third kappa shape index (κ3) is 1.58. The molecule has 0 N–H and O–H groups in total. The lowest BCUT2D eigenvalue weighted by molar-refractivity contribution is 0.544. The van der Waals surface area contributed by atoms with Crippen LogP contribution in [0, 0.1) is 13.8 Å². The van der Waals surface area contributed by atoms with Crippen LogP contribution in [0.25, 0.3) is 33.1 Å². The smallest absolute Gasteiger partial charge is 0.145 e. The van der Waals surface area contributed by atoms with Gasteiger partial charge in [0.25, 0.3) is 0 Å². The van der Waals surface area contributed by atoms with E-state index < -0.39 is 0 Å². The molecule has 0 atom stereocenters. The Morgan fingerprint density at radius 1 is 0.750 bits per heavy atom. The van der Waals surface area contributed by atoms with Gasteiger partial charge in [0.2, 0.25) is 0 Å². The fourth-order valence-electron chi connectivity index (χ4n) is 2.79. The highest BCUT2D eigenvalue weighted by Crippen LogP contribution is 2.38. The van der Waals surface area contributed by atoms with Crippen LogP contribution < -0.4 is 0 Å². The minimum Gasteiger partial charge on any atom is -0.461 e. The Kier molecular flexibility index (Phi) is 2.27. The van der Waals surface area contributed by atoms with Crippen LogP contribution in [0.1, 0.15) is 11.5 Å². The topological polar surface area (TPSA) is 26.3 Å². The largest absolute Gasteiger partial charge is 0.461 e. The molecule has 20 heavy (non-hydrogen) atoms. The predicted octanol–water partition coefficient (Wildman–Crippen LogP) is 5.46. The summed E-state index contributed by atoms with van der Waals surface area (Å²) in [5.41, 5.74) is 1.94. The van der Waals surface area contributed by atoms with E-state index in [1.54, 1.807) is 0 Å². The Bertz CT molecular complexity index is 925. The van der Waals surface area contributed by atoms with E-state index in [0.717, 1.165) is 39.2 Å². The molecule has 0 amide bonds. The lowest BCUT2D eigenvalue weighted by Crippen LogP contribution is -1.81. The van der Waals surface area contributed by atoms with Crippen molar-refractivity contribution >= 4 is 21.7 Å². The molecule has 2 aromatic heterocycles. The Morgan fingerprint density at radius 2 is 1.60 bits per heavy atom. The molecule has 0 radical (unpaired) electrons. The van der Waals surface area contributed by atoms with Gasteiger partial charge in [-0.1, -0.05) is 24.3 Å². The summed E-state index contributed by atoms with van der Waals surface area (Å²) in [4.78, 5) is 0. The molecular formula is C18H14O2. The van der Waals surface area contributed by atoms with Crippen LogP contribution in [0.15, 0.2) is 57.4 Å². The van der Waals surface area contributed by atoms with Crippen molar-refractivity contribution in [1.29, 1.82) is 0 Å².